The first kappa shape index (κ1) is 15.6. The molecule has 0 aliphatic carbocycles. The number of halogens is 3. The quantitative estimate of drug-likeness (QED) is 0.929. The number of carbonyl (C=O) groups is 1. The zero-order valence-corrected chi connectivity index (χ0v) is 11.4. The van der Waals surface area contributed by atoms with E-state index >= 15 is 0 Å². The average Bonchev–Trinajstić information content (AvgIpc) is 2.47. The van der Waals surface area contributed by atoms with Crippen LogP contribution in [0.1, 0.15) is 18.4 Å². The molecule has 0 spiro atoms. The number of alkyl halides is 3. The van der Waals surface area contributed by atoms with E-state index in [0.717, 1.165) is 12.1 Å². The maximum absolute atomic E-state index is 12.4. The van der Waals surface area contributed by atoms with Gasteiger partial charge in [-0.3, -0.25) is 4.79 Å². The molecule has 116 valence electrons. The summed E-state index contributed by atoms with van der Waals surface area (Å²) < 4.78 is 43.0. The molecule has 2 N–H and O–H groups in total. The van der Waals surface area contributed by atoms with Crippen LogP contribution in [0.3, 0.4) is 0 Å². The number of rotatable bonds is 3. The molecule has 0 radical (unpaired) electrons. The molecule has 1 aliphatic heterocycles. The van der Waals surface area contributed by atoms with E-state index < -0.39 is 11.7 Å². The lowest BCUT2D eigenvalue weighted by atomic mass is 10.1. The molecule has 1 aromatic carbocycles. The van der Waals surface area contributed by atoms with Gasteiger partial charge in [-0.2, -0.15) is 13.2 Å². The van der Waals surface area contributed by atoms with Gasteiger partial charge in [0.2, 0.25) is 5.91 Å². The monoisotopic (exact) mass is 302 g/mol. The third-order valence-electron chi connectivity index (χ3n) is 3.45. The van der Waals surface area contributed by atoms with Gasteiger partial charge >= 0.3 is 6.18 Å². The molecule has 0 atom stereocenters. The van der Waals surface area contributed by atoms with Gasteiger partial charge in [0.1, 0.15) is 11.9 Å². The van der Waals surface area contributed by atoms with Gasteiger partial charge in [-0.05, 0) is 24.3 Å². The van der Waals surface area contributed by atoms with Crippen molar-refractivity contribution in [2.45, 2.75) is 25.1 Å². The minimum absolute atomic E-state index is 0.00950. The molecule has 1 aliphatic rings. The number of benzene rings is 1. The number of piperidine rings is 1. The third kappa shape index (κ3) is 4.10. The second-order valence-electron chi connectivity index (χ2n) is 4.92. The number of hydrogen-bond acceptors (Lipinski definition) is 3. The van der Waals surface area contributed by atoms with Gasteiger partial charge in [0, 0.05) is 25.9 Å². The molecule has 0 bridgehead atoms. The highest BCUT2D eigenvalue weighted by atomic mass is 19.4. The third-order valence-corrected chi connectivity index (χ3v) is 3.45. The lowest BCUT2D eigenvalue weighted by Crippen LogP contribution is -2.44. The Hall–Kier alpha value is -1.76. The first-order valence-corrected chi connectivity index (χ1v) is 6.72. The van der Waals surface area contributed by atoms with Gasteiger partial charge in [-0.15, -0.1) is 0 Å². The van der Waals surface area contributed by atoms with Crippen LogP contribution < -0.4 is 10.5 Å². The van der Waals surface area contributed by atoms with Crippen LogP contribution in [0.2, 0.25) is 0 Å². The molecule has 1 fully saturated rings. The summed E-state index contributed by atoms with van der Waals surface area (Å²) in [6.07, 6.45) is -3.14. The van der Waals surface area contributed by atoms with Gasteiger partial charge in [-0.25, -0.2) is 0 Å². The van der Waals surface area contributed by atoms with E-state index in [1.807, 2.05) is 0 Å². The van der Waals surface area contributed by atoms with Crippen molar-refractivity contribution in [2.75, 3.05) is 19.6 Å². The van der Waals surface area contributed by atoms with Gasteiger partial charge in [0.05, 0.1) is 12.1 Å². The van der Waals surface area contributed by atoms with Crippen molar-refractivity contribution in [3.8, 4) is 5.75 Å². The van der Waals surface area contributed by atoms with Crippen molar-refractivity contribution >= 4 is 5.91 Å². The Morgan fingerprint density at radius 3 is 2.29 bits per heavy atom. The largest absolute Gasteiger partial charge is 0.490 e. The van der Waals surface area contributed by atoms with Crippen molar-refractivity contribution < 1.29 is 22.7 Å². The number of hydrogen-bond donors (Lipinski definition) is 1. The molecule has 1 heterocycles. The van der Waals surface area contributed by atoms with Crippen molar-refractivity contribution in [3.05, 3.63) is 29.8 Å². The summed E-state index contributed by atoms with van der Waals surface area (Å²) in [7, 11) is 0. The highest BCUT2D eigenvalue weighted by molar-refractivity contribution is 5.78. The zero-order chi connectivity index (χ0) is 15.5. The predicted octanol–water partition coefficient (Wildman–Crippen LogP) is 2.03. The van der Waals surface area contributed by atoms with Gasteiger partial charge in [-0.1, -0.05) is 0 Å². The lowest BCUT2D eigenvalue weighted by Gasteiger charge is -2.32. The molecule has 7 heteroatoms. The average molecular weight is 302 g/mol. The van der Waals surface area contributed by atoms with E-state index in [1.54, 1.807) is 4.90 Å². The van der Waals surface area contributed by atoms with Gasteiger partial charge in [0.25, 0.3) is 0 Å². The molecular formula is C14H17F3N2O2. The van der Waals surface area contributed by atoms with E-state index in [1.165, 1.54) is 12.1 Å². The van der Waals surface area contributed by atoms with Crippen LogP contribution in [0.5, 0.6) is 5.75 Å². The minimum atomic E-state index is -4.34. The van der Waals surface area contributed by atoms with Crippen LogP contribution in [0.4, 0.5) is 13.2 Å². The molecule has 0 saturated carbocycles. The number of amides is 1. The fraction of sp³-hybridized carbons (Fsp3) is 0.500. The van der Waals surface area contributed by atoms with Crippen molar-refractivity contribution in [3.63, 3.8) is 0 Å². The Kier molecular flexibility index (Phi) is 4.72. The second kappa shape index (κ2) is 6.34. The standard InChI is InChI=1S/C14H17F3N2O2/c15-14(16,17)10-1-3-11(4-2-10)21-12-5-7-19(8-6-12)13(20)9-18/h1-4,12H,5-9,18H2. The maximum Gasteiger partial charge on any atom is 0.416 e. The highest BCUT2D eigenvalue weighted by Gasteiger charge is 2.30. The Labute approximate surface area is 120 Å². The summed E-state index contributed by atoms with van der Waals surface area (Å²) in [5.74, 6) is 0.314. The lowest BCUT2D eigenvalue weighted by molar-refractivity contribution is -0.137. The summed E-state index contributed by atoms with van der Waals surface area (Å²) in [5.41, 5.74) is 4.60. The summed E-state index contributed by atoms with van der Waals surface area (Å²) in [4.78, 5) is 13.1. The first-order valence-electron chi connectivity index (χ1n) is 6.72. The van der Waals surface area contributed by atoms with E-state index in [0.29, 0.717) is 31.7 Å². The molecule has 1 aromatic rings. The van der Waals surface area contributed by atoms with Crippen LogP contribution in [-0.4, -0.2) is 36.5 Å². The predicted molar refractivity (Wildman–Crippen MR) is 70.7 cm³/mol. The number of nitrogens with two attached hydrogens (primary N) is 1. The Bertz CT molecular complexity index is 480. The minimum Gasteiger partial charge on any atom is -0.490 e. The second-order valence-corrected chi connectivity index (χ2v) is 4.92. The van der Waals surface area contributed by atoms with Gasteiger partial charge < -0.3 is 15.4 Å². The van der Waals surface area contributed by atoms with Crippen molar-refractivity contribution in [1.82, 2.24) is 4.90 Å². The molecule has 1 amide bonds. The first-order chi connectivity index (χ1) is 9.90. The molecule has 2 rings (SSSR count). The van der Waals surface area contributed by atoms with Crippen molar-refractivity contribution in [2.24, 2.45) is 5.73 Å². The topological polar surface area (TPSA) is 55.6 Å². The van der Waals surface area contributed by atoms with Crippen molar-refractivity contribution in [1.29, 1.82) is 0 Å². The van der Waals surface area contributed by atoms with E-state index in [2.05, 4.69) is 0 Å². The normalized spacial score (nSPS) is 16.9. The van der Waals surface area contributed by atoms with E-state index in [9.17, 15) is 18.0 Å². The number of likely N-dealkylation sites (tertiary alicyclic amines) is 1. The highest BCUT2D eigenvalue weighted by Crippen LogP contribution is 2.30. The van der Waals surface area contributed by atoms with Crippen LogP contribution in [0.15, 0.2) is 24.3 Å². The smallest absolute Gasteiger partial charge is 0.416 e. The number of ether oxygens (including phenoxy) is 1. The van der Waals surface area contributed by atoms with Crippen LogP contribution in [-0.2, 0) is 11.0 Å². The van der Waals surface area contributed by atoms with Crippen LogP contribution in [0.25, 0.3) is 0 Å². The Balaban J connectivity index is 1.88. The molecular weight excluding hydrogens is 285 g/mol. The van der Waals surface area contributed by atoms with E-state index in [-0.39, 0.29) is 18.6 Å². The number of carbonyl (C=O) groups excluding carboxylic acids is 1. The molecule has 21 heavy (non-hydrogen) atoms. The summed E-state index contributed by atoms with van der Waals surface area (Å²) in [6.45, 7) is 1.10. The number of nitrogens with zero attached hydrogens (tertiary/aromatic N) is 1. The SMILES string of the molecule is NCC(=O)N1CCC(Oc2ccc(C(F)(F)F)cc2)CC1. The molecule has 0 aromatic heterocycles. The Morgan fingerprint density at radius 1 is 1.24 bits per heavy atom. The summed E-state index contributed by atoms with van der Waals surface area (Å²) in [5, 5.41) is 0. The van der Waals surface area contributed by atoms with Crippen LogP contribution >= 0.6 is 0 Å². The molecule has 4 nitrogen and oxygen atoms in total. The van der Waals surface area contributed by atoms with Crippen LogP contribution in [0, 0.1) is 0 Å². The van der Waals surface area contributed by atoms with E-state index in [4.69, 9.17) is 10.5 Å². The maximum atomic E-state index is 12.4. The summed E-state index contributed by atoms with van der Waals surface area (Å²) >= 11 is 0. The van der Waals surface area contributed by atoms with Gasteiger partial charge in [0.15, 0.2) is 0 Å². The molecule has 0 unspecified atom stereocenters. The fourth-order valence-corrected chi connectivity index (χ4v) is 2.27. The molecule has 1 saturated heterocycles. The summed E-state index contributed by atoms with van der Waals surface area (Å²) in [6, 6.07) is 4.64. The fourth-order valence-electron chi connectivity index (χ4n) is 2.27. The Morgan fingerprint density at radius 2 is 1.81 bits per heavy atom. The zero-order valence-electron chi connectivity index (χ0n) is 11.4.